The highest BCUT2D eigenvalue weighted by molar-refractivity contribution is 5.32. The number of fused-ring (bicyclic) bond motifs is 1. The van der Waals surface area contributed by atoms with Crippen LogP contribution in [-0.2, 0) is 6.42 Å². The van der Waals surface area contributed by atoms with Gasteiger partial charge in [-0.1, -0.05) is 36.4 Å². The van der Waals surface area contributed by atoms with Crippen LogP contribution in [0.25, 0.3) is 0 Å². The molecule has 0 saturated carbocycles. The van der Waals surface area contributed by atoms with Gasteiger partial charge in [0.25, 0.3) is 0 Å². The van der Waals surface area contributed by atoms with Crippen LogP contribution >= 0.6 is 0 Å². The molecule has 0 bridgehead atoms. The Kier molecular flexibility index (Phi) is 3.83. The molecule has 2 atom stereocenters. The zero-order chi connectivity index (χ0) is 13.9. The van der Waals surface area contributed by atoms with Crippen molar-refractivity contribution in [2.24, 2.45) is 0 Å². The van der Waals surface area contributed by atoms with E-state index in [-0.39, 0.29) is 11.9 Å². The second kappa shape index (κ2) is 5.76. The van der Waals surface area contributed by atoms with Crippen molar-refractivity contribution in [3.05, 3.63) is 71.0 Å². The molecular formula is C18H20FN. The fraction of sp³-hybridized carbons (Fsp3) is 0.333. The van der Waals surface area contributed by atoms with E-state index >= 15 is 0 Å². The summed E-state index contributed by atoms with van der Waals surface area (Å²) >= 11 is 0. The Hall–Kier alpha value is -1.67. The quantitative estimate of drug-likeness (QED) is 0.861. The second-order valence-corrected chi connectivity index (χ2v) is 5.58. The third-order valence-electron chi connectivity index (χ3n) is 4.19. The molecule has 0 fully saturated rings. The number of hydrogen-bond acceptors (Lipinski definition) is 1. The predicted molar refractivity (Wildman–Crippen MR) is 80.1 cm³/mol. The first-order valence-corrected chi connectivity index (χ1v) is 7.33. The molecule has 1 N–H and O–H groups in total. The lowest BCUT2D eigenvalue weighted by molar-refractivity contribution is 0.415. The molecule has 0 amide bonds. The standard InChI is InChI=1S/C18H20FN/c1-13(14-9-11-16(19)12-10-14)20-18-8-4-6-15-5-2-3-7-17(15)18/h2-3,5,7,9-13,18,20H,4,6,8H2,1H3/t13-,18?/m0/s1. The van der Waals surface area contributed by atoms with Gasteiger partial charge in [0, 0.05) is 12.1 Å². The number of benzene rings is 2. The zero-order valence-corrected chi connectivity index (χ0v) is 11.8. The summed E-state index contributed by atoms with van der Waals surface area (Å²) in [5.41, 5.74) is 4.02. The highest BCUT2D eigenvalue weighted by atomic mass is 19.1. The van der Waals surface area contributed by atoms with Gasteiger partial charge in [-0.2, -0.15) is 0 Å². The average Bonchev–Trinajstić information content (AvgIpc) is 2.48. The van der Waals surface area contributed by atoms with Crippen LogP contribution in [0.4, 0.5) is 4.39 Å². The fourth-order valence-electron chi connectivity index (χ4n) is 3.08. The maximum Gasteiger partial charge on any atom is 0.123 e. The van der Waals surface area contributed by atoms with E-state index in [4.69, 9.17) is 0 Å². The van der Waals surface area contributed by atoms with Gasteiger partial charge in [0.2, 0.25) is 0 Å². The first-order chi connectivity index (χ1) is 9.74. The largest absolute Gasteiger partial charge is 0.303 e. The number of aryl methyl sites for hydroxylation is 1. The molecule has 2 aromatic rings. The van der Waals surface area contributed by atoms with E-state index in [2.05, 4.69) is 36.5 Å². The summed E-state index contributed by atoms with van der Waals surface area (Å²) in [7, 11) is 0. The average molecular weight is 269 g/mol. The van der Waals surface area contributed by atoms with Gasteiger partial charge in [-0.25, -0.2) is 4.39 Å². The monoisotopic (exact) mass is 269 g/mol. The fourth-order valence-corrected chi connectivity index (χ4v) is 3.08. The van der Waals surface area contributed by atoms with Crippen molar-refractivity contribution in [3.8, 4) is 0 Å². The van der Waals surface area contributed by atoms with E-state index < -0.39 is 0 Å². The molecular weight excluding hydrogens is 249 g/mol. The van der Waals surface area contributed by atoms with Crippen LogP contribution in [0.15, 0.2) is 48.5 Å². The van der Waals surface area contributed by atoms with Crippen LogP contribution in [0.5, 0.6) is 0 Å². The molecule has 0 aromatic heterocycles. The van der Waals surface area contributed by atoms with Crippen molar-refractivity contribution in [2.75, 3.05) is 0 Å². The van der Waals surface area contributed by atoms with E-state index in [1.165, 1.54) is 42.5 Å². The molecule has 20 heavy (non-hydrogen) atoms. The molecule has 0 heterocycles. The van der Waals surface area contributed by atoms with Crippen LogP contribution in [0, 0.1) is 5.82 Å². The molecule has 1 nitrogen and oxygen atoms in total. The first-order valence-electron chi connectivity index (χ1n) is 7.33. The smallest absolute Gasteiger partial charge is 0.123 e. The Morgan fingerprint density at radius 3 is 2.65 bits per heavy atom. The third kappa shape index (κ3) is 2.75. The van der Waals surface area contributed by atoms with Gasteiger partial charge < -0.3 is 5.32 Å². The van der Waals surface area contributed by atoms with Crippen LogP contribution < -0.4 is 5.32 Å². The summed E-state index contributed by atoms with van der Waals surface area (Å²) in [5, 5.41) is 3.69. The molecule has 3 rings (SSSR count). The second-order valence-electron chi connectivity index (χ2n) is 5.58. The molecule has 0 saturated heterocycles. The molecule has 0 spiro atoms. The van der Waals surface area contributed by atoms with E-state index in [1.54, 1.807) is 0 Å². The van der Waals surface area contributed by atoms with Crippen molar-refractivity contribution in [2.45, 2.75) is 38.3 Å². The number of rotatable bonds is 3. The Bertz CT molecular complexity index is 576. The van der Waals surface area contributed by atoms with Gasteiger partial charge in [-0.15, -0.1) is 0 Å². The highest BCUT2D eigenvalue weighted by Gasteiger charge is 2.21. The Morgan fingerprint density at radius 2 is 1.85 bits per heavy atom. The van der Waals surface area contributed by atoms with Gasteiger partial charge in [0.05, 0.1) is 0 Å². The molecule has 2 aromatic carbocycles. The van der Waals surface area contributed by atoms with E-state index in [0.29, 0.717) is 6.04 Å². The van der Waals surface area contributed by atoms with Crippen LogP contribution in [0.3, 0.4) is 0 Å². The Balaban J connectivity index is 1.77. The van der Waals surface area contributed by atoms with Gasteiger partial charge in [0.1, 0.15) is 5.82 Å². The summed E-state index contributed by atoms with van der Waals surface area (Å²) in [4.78, 5) is 0. The third-order valence-corrected chi connectivity index (χ3v) is 4.19. The molecule has 0 aliphatic heterocycles. The Labute approximate surface area is 119 Å². The van der Waals surface area contributed by atoms with Gasteiger partial charge in [0.15, 0.2) is 0 Å². The Morgan fingerprint density at radius 1 is 1.10 bits per heavy atom. The minimum atomic E-state index is -0.177. The molecule has 1 aliphatic rings. The summed E-state index contributed by atoms with van der Waals surface area (Å²) in [6, 6.07) is 16.1. The maximum absolute atomic E-state index is 13.0. The molecule has 0 radical (unpaired) electrons. The van der Waals surface area contributed by atoms with Crippen molar-refractivity contribution in [1.29, 1.82) is 0 Å². The normalized spacial score (nSPS) is 19.4. The van der Waals surface area contributed by atoms with Crippen LogP contribution in [0.2, 0.25) is 0 Å². The van der Waals surface area contributed by atoms with Crippen molar-refractivity contribution in [3.63, 3.8) is 0 Å². The minimum absolute atomic E-state index is 0.177. The highest BCUT2D eigenvalue weighted by Crippen LogP contribution is 2.31. The maximum atomic E-state index is 13.0. The van der Waals surface area contributed by atoms with Gasteiger partial charge in [-0.3, -0.25) is 0 Å². The lowest BCUT2D eigenvalue weighted by Crippen LogP contribution is -2.27. The molecule has 2 heteroatoms. The van der Waals surface area contributed by atoms with Crippen molar-refractivity contribution < 1.29 is 4.39 Å². The van der Waals surface area contributed by atoms with Crippen molar-refractivity contribution >= 4 is 0 Å². The topological polar surface area (TPSA) is 12.0 Å². The van der Waals surface area contributed by atoms with Gasteiger partial charge in [-0.05, 0) is 55.0 Å². The number of nitrogens with one attached hydrogen (secondary N) is 1. The SMILES string of the molecule is C[C@H](NC1CCCc2ccccc21)c1ccc(F)cc1. The minimum Gasteiger partial charge on any atom is -0.303 e. The lowest BCUT2D eigenvalue weighted by atomic mass is 9.87. The first kappa shape index (κ1) is 13.3. The molecule has 104 valence electrons. The molecule has 1 aliphatic carbocycles. The number of halogens is 1. The molecule has 1 unspecified atom stereocenters. The predicted octanol–water partition coefficient (Wildman–Crippen LogP) is 4.55. The summed E-state index contributed by atoms with van der Waals surface area (Å²) in [5.74, 6) is -0.177. The number of hydrogen-bond donors (Lipinski definition) is 1. The lowest BCUT2D eigenvalue weighted by Gasteiger charge is -2.29. The summed E-state index contributed by atoms with van der Waals surface area (Å²) < 4.78 is 13.0. The summed E-state index contributed by atoms with van der Waals surface area (Å²) in [6.07, 6.45) is 3.58. The van der Waals surface area contributed by atoms with E-state index in [1.807, 2.05) is 12.1 Å². The van der Waals surface area contributed by atoms with Gasteiger partial charge >= 0.3 is 0 Å². The van der Waals surface area contributed by atoms with Crippen LogP contribution in [-0.4, -0.2) is 0 Å². The van der Waals surface area contributed by atoms with E-state index in [0.717, 1.165) is 5.56 Å². The van der Waals surface area contributed by atoms with E-state index in [9.17, 15) is 4.39 Å². The zero-order valence-electron chi connectivity index (χ0n) is 11.8. The summed E-state index contributed by atoms with van der Waals surface area (Å²) in [6.45, 7) is 2.14. The van der Waals surface area contributed by atoms with Crippen molar-refractivity contribution in [1.82, 2.24) is 5.32 Å². The van der Waals surface area contributed by atoms with Crippen LogP contribution in [0.1, 0.15) is 48.5 Å².